The number of anilines is 8. The van der Waals surface area contributed by atoms with Gasteiger partial charge in [0.15, 0.2) is 0 Å². The van der Waals surface area contributed by atoms with Gasteiger partial charge < -0.3 is 37.7 Å². The molecule has 1 saturated heterocycles. The van der Waals surface area contributed by atoms with Crippen molar-refractivity contribution in [2.45, 2.75) is 38.9 Å². The molecule has 1 fully saturated rings. The maximum Gasteiger partial charge on any atom is 0.494 e. The van der Waals surface area contributed by atoms with Gasteiger partial charge in [-0.05, 0) is 254 Å². The number of rotatable bonds is 11. The molecular weight excluding hydrogens is 1730 g/mol. The summed E-state index contributed by atoms with van der Waals surface area (Å²) in [4.78, 5) is 4.56. The third kappa shape index (κ3) is 17.5. The van der Waals surface area contributed by atoms with E-state index in [1.807, 2.05) is 140 Å². The summed E-state index contributed by atoms with van der Waals surface area (Å²) in [6, 6.07) is 125. The van der Waals surface area contributed by atoms with Gasteiger partial charge in [0.25, 0.3) is 0 Å². The van der Waals surface area contributed by atoms with Gasteiger partial charge in [-0.1, -0.05) is 252 Å². The van der Waals surface area contributed by atoms with Crippen LogP contribution in [0.3, 0.4) is 0 Å². The summed E-state index contributed by atoms with van der Waals surface area (Å²) in [5, 5.41) is 10.0. The van der Waals surface area contributed by atoms with E-state index in [0.29, 0.717) is 0 Å². The molecule has 0 unspecified atom stereocenters. The lowest BCUT2D eigenvalue weighted by Crippen LogP contribution is -2.41. The highest BCUT2D eigenvalue weighted by atomic mass is 127. The smallest absolute Gasteiger partial charge is 0.456 e. The largest absolute Gasteiger partial charge is 0.494 e. The maximum absolute atomic E-state index is 6.17. The first kappa shape index (κ1) is 75.2. The number of benzene rings is 15. The molecule has 540 valence electrons. The number of halogens is 5. The SMILES string of the molecule is Brc1cc(Br)cc(I)c1.Brc1cc(Br)cc(N(c2ccccc2)c2ccccc2)c1.CC1(C)OB(c2ccc3oc4ccccc4c3c2)OC1(C)C.c1ccc(N(c2ccccc2)c2cc(-c3ccc4oc5ccccc5c4c3)cc(-c3ccc4oc5ccccc5c4c3)c2)cc1.c1ccc(Nc2ccccc2)cc1. The second-order valence-electron chi connectivity index (χ2n) is 27.4. The Balaban J connectivity index is 0.000000123. The minimum atomic E-state index is -0.344. The molecule has 0 spiro atoms. The molecule has 15 aromatic carbocycles. The predicted octanol–water partition coefficient (Wildman–Crippen LogP) is 30.1. The molecule has 3 aromatic heterocycles. The average Bonchev–Trinajstić information content (AvgIpc) is 1.52. The predicted molar refractivity (Wildman–Crippen MR) is 483 cm³/mol. The number of hydrogen-bond acceptors (Lipinski definition) is 8. The lowest BCUT2D eigenvalue weighted by atomic mass is 9.78. The van der Waals surface area contributed by atoms with Gasteiger partial charge in [-0.15, -0.1) is 0 Å². The fourth-order valence-corrected chi connectivity index (χ4v) is 17.4. The minimum absolute atomic E-state index is 0.328. The van der Waals surface area contributed by atoms with Gasteiger partial charge in [0.2, 0.25) is 0 Å². The number of furan rings is 3. The normalized spacial score (nSPS) is 12.6. The van der Waals surface area contributed by atoms with Gasteiger partial charge in [-0.3, -0.25) is 0 Å². The fourth-order valence-electron chi connectivity index (χ4n) is 13.4. The van der Waals surface area contributed by atoms with Crippen molar-refractivity contribution in [3.05, 3.63) is 385 Å². The molecule has 1 aliphatic heterocycles. The Morgan fingerprint density at radius 3 is 0.936 bits per heavy atom. The Morgan fingerprint density at radius 2 is 0.573 bits per heavy atom. The molecule has 18 aromatic rings. The van der Waals surface area contributed by atoms with E-state index in [4.69, 9.17) is 22.6 Å². The molecule has 14 heteroatoms. The lowest BCUT2D eigenvalue weighted by Gasteiger charge is -2.32. The molecular formula is C96H73BBr4IN3O5. The highest BCUT2D eigenvalue weighted by Gasteiger charge is 2.51. The average molecular weight is 1810 g/mol. The van der Waals surface area contributed by atoms with Crippen molar-refractivity contribution >= 4 is 210 Å². The number of nitrogens with one attached hydrogen (secondary N) is 1. The van der Waals surface area contributed by atoms with E-state index in [1.165, 1.54) is 3.57 Å². The van der Waals surface area contributed by atoms with Crippen LogP contribution >= 0.6 is 86.3 Å². The summed E-state index contributed by atoms with van der Waals surface area (Å²) in [6.45, 7) is 8.27. The zero-order valence-electron chi connectivity index (χ0n) is 60.5. The molecule has 0 bridgehead atoms. The van der Waals surface area contributed by atoms with Crippen LogP contribution in [0.15, 0.2) is 395 Å². The number of para-hydroxylation sites is 9. The molecule has 1 aliphatic rings. The number of nitrogens with zero attached hydrogens (tertiary/aromatic N) is 2. The topological polar surface area (TPSA) is 76.4 Å². The monoisotopic (exact) mass is 1800 g/mol. The van der Waals surface area contributed by atoms with E-state index < -0.39 is 0 Å². The van der Waals surface area contributed by atoms with Crippen LogP contribution in [-0.2, 0) is 9.31 Å². The highest BCUT2D eigenvalue weighted by Crippen LogP contribution is 2.44. The molecule has 1 N–H and O–H groups in total. The second kappa shape index (κ2) is 33.9. The molecule has 8 nitrogen and oxygen atoms in total. The van der Waals surface area contributed by atoms with Crippen molar-refractivity contribution < 1.29 is 22.6 Å². The Morgan fingerprint density at radius 1 is 0.273 bits per heavy atom. The Bertz CT molecular complexity index is 5850. The summed E-state index contributed by atoms with van der Waals surface area (Å²) >= 11 is 16.2. The number of fused-ring (bicyclic) bond motifs is 9. The number of hydrogen-bond donors (Lipinski definition) is 1. The van der Waals surface area contributed by atoms with Crippen LogP contribution in [0.25, 0.3) is 88.1 Å². The molecule has 0 saturated carbocycles. The first-order valence-corrected chi connectivity index (χ1v) is 40.3. The van der Waals surface area contributed by atoms with Crippen LogP contribution in [0, 0.1) is 3.57 Å². The van der Waals surface area contributed by atoms with Crippen LogP contribution in [0.1, 0.15) is 27.7 Å². The van der Waals surface area contributed by atoms with E-state index in [-0.39, 0.29) is 18.3 Å². The molecule has 0 aliphatic carbocycles. The third-order valence-electron chi connectivity index (χ3n) is 19.3. The zero-order valence-corrected chi connectivity index (χ0v) is 69.0. The lowest BCUT2D eigenvalue weighted by molar-refractivity contribution is 0.00578. The quantitative estimate of drug-likeness (QED) is 0.101. The standard InChI is InChI=1S/C42H27NO2.C18H19BO3.C18H13Br2N.C12H11N.C6H3Br2I/c1-3-11-32(12-4-1)43(33-13-5-2-6-14-33)34-24-30(28-19-21-41-37(26-28)35-15-7-9-17-39(35)44-41)23-31(25-34)29-20-22-42-38(27-29)36-16-8-10-18-40(36)45-42;1-17(2)18(3,4)22-19(21-17)12-9-10-16-14(11-12)13-7-5-6-8-15(13)20-16;19-14-11-15(20)13-18(12-14)21(16-7-3-1-4-8-16)17-9-5-2-6-10-17;1-3-7-11(8-4-1)13-12-9-5-2-6-10-12;7-4-1-5(8)3-6(9)2-4/h1-27H;5-11H,1-4H3;1-13H;1-10,13H;1-3H. The fraction of sp³-hybridized carbons (Fsp3) is 0.0625. The summed E-state index contributed by atoms with van der Waals surface area (Å²) in [7, 11) is -0.344. The van der Waals surface area contributed by atoms with E-state index in [9.17, 15) is 0 Å². The first-order valence-electron chi connectivity index (χ1n) is 36.0. The van der Waals surface area contributed by atoms with E-state index in [0.717, 1.165) is 157 Å². The molecule has 4 heterocycles. The van der Waals surface area contributed by atoms with Gasteiger partial charge in [0.05, 0.1) is 11.2 Å². The summed E-state index contributed by atoms with van der Waals surface area (Å²) in [5.41, 5.74) is 19.2. The Kier molecular flexibility index (Phi) is 23.2. The molecule has 0 radical (unpaired) electrons. The van der Waals surface area contributed by atoms with Crippen LogP contribution < -0.4 is 20.6 Å². The van der Waals surface area contributed by atoms with E-state index >= 15 is 0 Å². The highest BCUT2D eigenvalue weighted by molar-refractivity contribution is 14.1. The van der Waals surface area contributed by atoms with Crippen LogP contribution in [0.4, 0.5) is 45.5 Å². The second-order valence-corrected chi connectivity index (χ2v) is 32.3. The van der Waals surface area contributed by atoms with Gasteiger partial charge in [-0.25, -0.2) is 0 Å². The molecule has 19 rings (SSSR count). The van der Waals surface area contributed by atoms with Gasteiger partial charge in [-0.2, -0.15) is 0 Å². The molecule has 0 atom stereocenters. The van der Waals surface area contributed by atoms with Crippen LogP contribution in [0.2, 0.25) is 0 Å². The Hall–Kier alpha value is -10.3. The van der Waals surface area contributed by atoms with Crippen molar-refractivity contribution in [3.63, 3.8) is 0 Å². The van der Waals surface area contributed by atoms with Crippen molar-refractivity contribution in [2.24, 2.45) is 0 Å². The van der Waals surface area contributed by atoms with Crippen LogP contribution in [-0.4, -0.2) is 18.3 Å². The zero-order chi connectivity index (χ0) is 75.7. The third-order valence-corrected chi connectivity index (χ3v) is 21.8. The summed E-state index contributed by atoms with van der Waals surface area (Å²) in [5.74, 6) is 0. The summed E-state index contributed by atoms with van der Waals surface area (Å²) in [6.07, 6.45) is 0. The minimum Gasteiger partial charge on any atom is -0.456 e. The molecule has 0 amide bonds. The van der Waals surface area contributed by atoms with Crippen LogP contribution in [0.5, 0.6) is 0 Å². The first-order chi connectivity index (χ1) is 53.5. The van der Waals surface area contributed by atoms with E-state index in [2.05, 4.69) is 354 Å². The summed E-state index contributed by atoms with van der Waals surface area (Å²) < 4.78 is 36.0. The maximum atomic E-state index is 6.17. The van der Waals surface area contributed by atoms with E-state index in [1.54, 1.807) is 0 Å². The van der Waals surface area contributed by atoms with Crippen molar-refractivity contribution in [1.29, 1.82) is 0 Å². The van der Waals surface area contributed by atoms with Gasteiger partial charge in [0, 0.05) is 99.3 Å². The van der Waals surface area contributed by atoms with Crippen molar-refractivity contribution in [3.8, 4) is 22.3 Å². The van der Waals surface area contributed by atoms with Crippen molar-refractivity contribution in [2.75, 3.05) is 15.1 Å². The van der Waals surface area contributed by atoms with Gasteiger partial charge >= 0.3 is 7.12 Å². The van der Waals surface area contributed by atoms with Crippen molar-refractivity contribution in [1.82, 2.24) is 0 Å². The Labute approximate surface area is 688 Å². The molecule has 110 heavy (non-hydrogen) atoms. The van der Waals surface area contributed by atoms with Gasteiger partial charge in [0.1, 0.15) is 33.5 Å².